The van der Waals surface area contributed by atoms with Gasteiger partial charge in [-0.1, -0.05) is 12.1 Å². The van der Waals surface area contributed by atoms with Crippen molar-refractivity contribution in [2.24, 2.45) is 0 Å². The predicted molar refractivity (Wildman–Crippen MR) is 86.1 cm³/mol. The molecule has 2 aliphatic heterocycles. The van der Waals surface area contributed by atoms with Crippen molar-refractivity contribution < 1.29 is 23.5 Å². The third kappa shape index (κ3) is 3.41. The lowest BCUT2D eigenvalue weighted by molar-refractivity contribution is -0.119. The van der Waals surface area contributed by atoms with Crippen molar-refractivity contribution in [2.75, 3.05) is 31.2 Å². The first-order chi connectivity index (χ1) is 11.6. The number of benzene rings is 1. The summed E-state index contributed by atoms with van der Waals surface area (Å²) < 4.78 is 25.0. The van der Waals surface area contributed by atoms with Gasteiger partial charge >= 0.3 is 6.09 Å². The van der Waals surface area contributed by atoms with Crippen LogP contribution in [0.4, 0.5) is 14.9 Å². The minimum atomic E-state index is -0.537. The summed E-state index contributed by atoms with van der Waals surface area (Å²) in [6, 6.07) is 4.66. The lowest BCUT2D eigenvalue weighted by atomic mass is 9.98. The number of hydrogen-bond donors (Lipinski definition) is 1. The highest BCUT2D eigenvalue weighted by Gasteiger charge is 2.34. The van der Waals surface area contributed by atoms with Gasteiger partial charge < -0.3 is 14.8 Å². The number of amides is 2. The van der Waals surface area contributed by atoms with Gasteiger partial charge in [0.2, 0.25) is 5.91 Å². The number of rotatable bonds is 4. The quantitative estimate of drug-likeness (QED) is 0.915. The van der Waals surface area contributed by atoms with E-state index in [1.807, 2.05) is 6.08 Å². The summed E-state index contributed by atoms with van der Waals surface area (Å²) in [5.74, 6) is -0.568. The highest BCUT2D eigenvalue weighted by atomic mass is 19.1. The van der Waals surface area contributed by atoms with Gasteiger partial charge in [0.05, 0.1) is 32.0 Å². The van der Waals surface area contributed by atoms with Gasteiger partial charge in [-0.15, -0.1) is 0 Å². The Hall–Kier alpha value is -2.41. The largest absolute Gasteiger partial charge is 0.442 e. The van der Waals surface area contributed by atoms with Crippen LogP contribution in [-0.2, 0) is 14.3 Å². The van der Waals surface area contributed by atoms with E-state index in [1.54, 1.807) is 12.1 Å². The maximum absolute atomic E-state index is 14.4. The van der Waals surface area contributed by atoms with Crippen LogP contribution >= 0.6 is 0 Å². The number of carbonyl (C=O) groups excluding carboxylic acids is 2. The maximum Gasteiger partial charge on any atom is 0.414 e. The van der Waals surface area contributed by atoms with Gasteiger partial charge in [0.1, 0.15) is 11.9 Å². The van der Waals surface area contributed by atoms with Crippen LogP contribution in [0, 0.1) is 5.82 Å². The minimum absolute atomic E-state index is 0.191. The highest BCUT2D eigenvalue weighted by Crippen LogP contribution is 2.34. The molecular weight excluding hydrogens is 315 g/mol. The van der Waals surface area contributed by atoms with Crippen LogP contribution in [0.1, 0.15) is 18.9 Å². The molecule has 1 fully saturated rings. The summed E-state index contributed by atoms with van der Waals surface area (Å²) in [7, 11) is 0. The summed E-state index contributed by atoms with van der Waals surface area (Å²) in [4.78, 5) is 24.6. The van der Waals surface area contributed by atoms with Crippen molar-refractivity contribution >= 4 is 23.3 Å². The Morgan fingerprint density at radius 3 is 3.00 bits per heavy atom. The van der Waals surface area contributed by atoms with E-state index in [0.29, 0.717) is 30.9 Å². The lowest BCUT2D eigenvalue weighted by Gasteiger charge is -2.22. The standard InChI is InChI=1S/C17H19FN2O4/c1-11(21)19-9-13-10-20(17(22)24-13)15-4-2-3-14(18)16(15)12-5-7-23-8-6-12/h2-5,13H,6-10H2,1H3,(H,19,21). The molecular formula is C17H19FN2O4. The number of nitrogens with zero attached hydrogens (tertiary/aromatic N) is 1. The minimum Gasteiger partial charge on any atom is -0.442 e. The molecule has 2 heterocycles. The maximum atomic E-state index is 14.4. The number of halogens is 1. The predicted octanol–water partition coefficient (Wildman–Crippen LogP) is 2.09. The third-order valence-electron chi connectivity index (χ3n) is 4.02. The van der Waals surface area contributed by atoms with Crippen molar-refractivity contribution in [3.63, 3.8) is 0 Å². The Labute approximate surface area is 139 Å². The van der Waals surface area contributed by atoms with E-state index < -0.39 is 12.2 Å². The zero-order chi connectivity index (χ0) is 17.1. The van der Waals surface area contributed by atoms with Gasteiger partial charge in [-0.3, -0.25) is 9.69 Å². The van der Waals surface area contributed by atoms with E-state index in [1.165, 1.54) is 17.9 Å². The van der Waals surface area contributed by atoms with Crippen LogP contribution in [-0.4, -0.2) is 44.4 Å². The molecule has 0 aromatic heterocycles. The SMILES string of the molecule is CC(=O)NCC1CN(c2cccc(F)c2C2=CCOCC2)C(=O)O1. The van der Waals surface area contributed by atoms with Gasteiger partial charge in [0.25, 0.3) is 0 Å². The molecule has 0 aliphatic carbocycles. The molecule has 2 aliphatic rings. The van der Waals surface area contributed by atoms with Gasteiger partial charge in [0, 0.05) is 12.5 Å². The molecule has 1 aromatic carbocycles. The number of hydrogen-bond acceptors (Lipinski definition) is 4. The molecule has 7 heteroatoms. The highest BCUT2D eigenvalue weighted by molar-refractivity contribution is 5.94. The zero-order valence-electron chi connectivity index (χ0n) is 13.4. The second-order valence-corrected chi connectivity index (χ2v) is 5.74. The van der Waals surface area contributed by atoms with E-state index in [-0.39, 0.29) is 24.8 Å². The topological polar surface area (TPSA) is 67.9 Å². The second-order valence-electron chi connectivity index (χ2n) is 5.74. The number of cyclic esters (lactones) is 1. The molecule has 0 radical (unpaired) electrons. The summed E-state index contributed by atoms with van der Waals surface area (Å²) in [5, 5.41) is 2.62. The van der Waals surface area contributed by atoms with E-state index in [4.69, 9.17) is 9.47 Å². The van der Waals surface area contributed by atoms with Crippen LogP contribution in [0.5, 0.6) is 0 Å². The van der Waals surface area contributed by atoms with Crippen molar-refractivity contribution in [3.05, 3.63) is 35.7 Å². The van der Waals surface area contributed by atoms with Crippen molar-refractivity contribution in [1.29, 1.82) is 0 Å². The van der Waals surface area contributed by atoms with Crippen LogP contribution in [0.3, 0.4) is 0 Å². The van der Waals surface area contributed by atoms with E-state index in [2.05, 4.69) is 5.32 Å². The van der Waals surface area contributed by atoms with Crippen molar-refractivity contribution in [3.8, 4) is 0 Å². The number of carbonyl (C=O) groups is 2. The average molecular weight is 334 g/mol. The molecule has 0 saturated carbocycles. The van der Waals surface area contributed by atoms with E-state index >= 15 is 0 Å². The summed E-state index contributed by atoms with van der Waals surface area (Å²) in [6.07, 6.45) is 1.43. The lowest BCUT2D eigenvalue weighted by Crippen LogP contribution is -2.33. The molecule has 1 unspecified atom stereocenters. The fraction of sp³-hybridized carbons (Fsp3) is 0.412. The van der Waals surface area contributed by atoms with Gasteiger partial charge in [0.15, 0.2) is 0 Å². The molecule has 1 atom stereocenters. The molecule has 128 valence electrons. The summed E-state index contributed by atoms with van der Waals surface area (Å²) in [6.45, 7) is 2.85. The Bertz CT molecular complexity index is 689. The van der Waals surface area contributed by atoms with Gasteiger partial charge in [-0.05, 0) is 24.1 Å². The monoisotopic (exact) mass is 334 g/mol. The van der Waals surface area contributed by atoms with Crippen LogP contribution in [0.25, 0.3) is 5.57 Å². The fourth-order valence-electron chi connectivity index (χ4n) is 2.89. The number of ether oxygens (including phenoxy) is 2. The first kappa shape index (κ1) is 16.4. The normalized spacial score (nSPS) is 20.6. The Balaban J connectivity index is 1.87. The second kappa shape index (κ2) is 7.00. The molecule has 24 heavy (non-hydrogen) atoms. The Kier molecular flexibility index (Phi) is 4.80. The zero-order valence-corrected chi connectivity index (χ0v) is 13.4. The third-order valence-corrected chi connectivity index (χ3v) is 4.02. The molecule has 0 bridgehead atoms. The van der Waals surface area contributed by atoms with Crippen LogP contribution < -0.4 is 10.2 Å². The molecule has 0 spiro atoms. The van der Waals surface area contributed by atoms with Crippen LogP contribution in [0.15, 0.2) is 24.3 Å². The van der Waals surface area contributed by atoms with Gasteiger partial charge in [-0.2, -0.15) is 0 Å². The molecule has 3 rings (SSSR count). The smallest absolute Gasteiger partial charge is 0.414 e. The van der Waals surface area contributed by atoms with E-state index in [9.17, 15) is 14.0 Å². The van der Waals surface area contributed by atoms with Crippen molar-refractivity contribution in [2.45, 2.75) is 19.4 Å². The molecule has 1 N–H and O–H groups in total. The van der Waals surface area contributed by atoms with Crippen LogP contribution in [0.2, 0.25) is 0 Å². The van der Waals surface area contributed by atoms with E-state index in [0.717, 1.165) is 5.57 Å². The molecule has 1 saturated heterocycles. The molecule has 6 nitrogen and oxygen atoms in total. The number of nitrogens with one attached hydrogen (secondary N) is 1. The molecule has 1 aromatic rings. The Morgan fingerprint density at radius 1 is 1.46 bits per heavy atom. The fourth-order valence-corrected chi connectivity index (χ4v) is 2.89. The average Bonchev–Trinajstić information content (AvgIpc) is 2.94. The summed E-state index contributed by atoms with van der Waals surface area (Å²) >= 11 is 0. The van der Waals surface area contributed by atoms with Crippen molar-refractivity contribution in [1.82, 2.24) is 5.32 Å². The van der Waals surface area contributed by atoms with Gasteiger partial charge in [-0.25, -0.2) is 9.18 Å². The summed E-state index contributed by atoms with van der Waals surface area (Å²) in [5.41, 5.74) is 1.73. The first-order valence-electron chi connectivity index (χ1n) is 7.84. The number of anilines is 1. The Morgan fingerprint density at radius 2 is 2.29 bits per heavy atom. The first-order valence-corrected chi connectivity index (χ1v) is 7.84. The molecule has 2 amide bonds.